The zero-order chi connectivity index (χ0) is 29.3. The smallest absolute Gasteiger partial charge is 0.323 e. The van der Waals surface area contributed by atoms with Crippen LogP contribution >= 0.6 is 0 Å². The lowest BCUT2D eigenvalue weighted by atomic mass is 9.98. The number of tetrazole rings is 1. The first-order valence-electron chi connectivity index (χ1n) is 14.0. The number of ether oxygens (including phenoxy) is 2. The summed E-state index contributed by atoms with van der Waals surface area (Å²) in [4.78, 5) is 12.8. The molecule has 0 unspecified atom stereocenters. The summed E-state index contributed by atoms with van der Waals surface area (Å²) in [5, 5.41) is 16.0. The van der Waals surface area contributed by atoms with Gasteiger partial charge in [0.25, 0.3) is 0 Å². The van der Waals surface area contributed by atoms with E-state index in [1.54, 1.807) is 7.11 Å². The molecule has 1 N–H and O–H groups in total. The maximum atomic E-state index is 12.8. The van der Waals surface area contributed by atoms with Gasteiger partial charge < -0.3 is 14.8 Å². The van der Waals surface area contributed by atoms with Crippen LogP contribution < -0.4 is 10.1 Å². The average Bonchev–Trinajstić information content (AvgIpc) is 3.49. The SMILES string of the molecule is COc1ccc(Cn2nnnc2-c2ccccc2-c2ccc(CN[C@H](C(=O)OCc3ccccc3)C(C)C)cc2)cc1. The zero-order valence-electron chi connectivity index (χ0n) is 24.1. The van der Waals surface area contributed by atoms with Gasteiger partial charge in [0.05, 0.1) is 13.7 Å². The van der Waals surface area contributed by atoms with Crippen LogP contribution in [-0.2, 0) is 29.2 Å². The summed E-state index contributed by atoms with van der Waals surface area (Å²) in [5.74, 6) is 1.35. The van der Waals surface area contributed by atoms with Crippen LogP contribution in [0.25, 0.3) is 22.5 Å². The van der Waals surface area contributed by atoms with Gasteiger partial charge >= 0.3 is 5.97 Å². The second-order valence-electron chi connectivity index (χ2n) is 10.4. The fraction of sp³-hybridized carbons (Fsp3) is 0.235. The maximum Gasteiger partial charge on any atom is 0.323 e. The molecule has 8 nitrogen and oxygen atoms in total. The van der Waals surface area contributed by atoms with E-state index in [9.17, 15) is 4.79 Å². The second kappa shape index (κ2) is 13.7. The fourth-order valence-corrected chi connectivity index (χ4v) is 4.78. The molecule has 0 radical (unpaired) electrons. The molecule has 214 valence electrons. The third-order valence-corrected chi connectivity index (χ3v) is 7.13. The summed E-state index contributed by atoms with van der Waals surface area (Å²) >= 11 is 0. The number of hydrogen-bond acceptors (Lipinski definition) is 7. The molecule has 0 bridgehead atoms. The molecular weight excluding hydrogens is 526 g/mol. The molecule has 0 saturated carbocycles. The number of nitrogens with one attached hydrogen (secondary N) is 1. The van der Waals surface area contributed by atoms with Crippen molar-refractivity contribution in [2.45, 2.75) is 39.6 Å². The van der Waals surface area contributed by atoms with E-state index in [1.807, 2.05) is 91.3 Å². The Morgan fingerprint density at radius 1 is 0.810 bits per heavy atom. The third-order valence-electron chi connectivity index (χ3n) is 7.13. The van der Waals surface area contributed by atoms with Gasteiger partial charge in [0.1, 0.15) is 18.4 Å². The Labute approximate surface area is 246 Å². The molecule has 1 atom stereocenters. The summed E-state index contributed by atoms with van der Waals surface area (Å²) < 4.78 is 12.7. The molecule has 5 rings (SSSR count). The van der Waals surface area contributed by atoms with E-state index in [1.165, 1.54) is 0 Å². The highest BCUT2D eigenvalue weighted by molar-refractivity contribution is 5.80. The van der Waals surface area contributed by atoms with Crippen LogP contribution in [0.2, 0.25) is 0 Å². The minimum Gasteiger partial charge on any atom is -0.497 e. The van der Waals surface area contributed by atoms with Gasteiger partial charge in [-0.15, -0.1) is 5.10 Å². The van der Waals surface area contributed by atoms with Crippen molar-refractivity contribution in [1.29, 1.82) is 0 Å². The molecule has 0 spiro atoms. The van der Waals surface area contributed by atoms with Crippen LogP contribution in [0, 0.1) is 5.92 Å². The molecule has 5 aromatic rings. The quantitative estimate of drug-likeness (QED) is 0.189. The normalized spacial score (nSPS) is 11.8. The predicted molar refractivity (Wildman–Crippen MR) is 162 cm³/mol. The highest BCUT2D eigenvalue weighted by Gasteiger charge is 2.23. The van der Waals surface area contributed by atoms with Crippen molar-refractivity contribution in [2.75, 3.05) is 7.11 Å². The van der Waals surface area contributed by atoms with Crippen molar-refractivity contribution in [3.8, 4) is 28.3 Å². The highest BCUT2D eigenvalue weighted by atomic mass is 16.5. The van der Waals surface area contributed by atoms with E-state index >= 15 is 0 Å². The summed E-state index contributed by atoms with van der Waals surface area (Å²) in [6, 6.07) is 33.6. The van der Waals surface area contributed by atoms with E-state index in [2.05, 4.69) is 51.2 Å². The maximum absolute atomic E-state index is 12.8. The van der Waals surface area contributed by atoms with Crippen molar-refractivity contribution < 1.29 is 14.3 Å². The number of aromatic nitrogens is 4. The van der Waals surface area contributed by atoms with Gasteiger partial charge in [-0.1, -0.05) is 105 Å². The van der Waals surface area contributed by atoms with Gasteiger partial charge in [-0.05, 0) is 56.3 Å². The van der Waals surface area contributed by atoms with Gasteiger partial charge in [-0.2, -0.15) is 0 Å². The first-order valence-corrected chi connectivity index (χ1v) is 14.0. The molecule has 0 saturated heterocycles. The standard InChI is InChI=1S/C34H35N5O3/c1-24(2)32(34(40)42-23-27-9-5-4-6-10-27)35-21-25-13-17-28(18-14-25)30-11-7-8-12-31(30)33-36-37-38-39(33)22-26-15-19-29(41-3)20-16-26/h4-20,24,32,35H,21-23H2,1-3H3/t32-/m0/s1. The van der Waals surface area contributed by atoms with Crippen LogP contribution in [0.15, 0.2) is 103 Å². The van der Waals surface area contributed by atoms with Gasteiger partial charge in [0.15, 0.2) is 5.82 Å². The topological polar surface area (TPSA) is 91.2 Å². The Hall–Kier alpha value is -4.82. The van der Waals surface area contributed by atoms with Crippen molar-refractivity contribution in [1.82, 2.24) is 25.5 Å². The third kappa shape index (κ3) is 7.08. The van der Waals surface area contributed by atoms with Gasteiger partial charge in [-0.25, -0.2) is 4.68 Å². The number of methoxy groups -OCH3 is 1. The van der Waals surface area contributed by atoms with Crippen LogP contribution in [-0.4, -0.2) is 39.3 Å². The van der Waals surface area contributed by atoms with Crippen LogP contribution in [0.1, 0.15) is 30.5 Å². The molecule has 0 aliphatic heterocycles. The van der Waals surface area contributed by atoms with E-state index in [4.69, 9.17) is 9.47 Å². The Bertz CT molecular complexity index is 1580. The first-order chi connectivity index (χ1) is 20.5. The highest BCUT2D eigenvalue weighted by Crippen LogP contribution is 2.31. The minimum atomic E-state index is -0.404. The molecule has 1 heterocycles. The lowest BCUT2D eigenvalue weighted by molar-refractivity contribution is -0.148. The van der Waals surface area contributed by atoms with Crippen molar-refractivity contribution >= 4 is 5.97 Å². The second-order valence-corrected chi connectivity index (χ2v) is 10.4. The lowest BCUT2D eigenvalue weighted by Gasteiger charge is -2.21. The molecule has 0 aliphatic rings. The summed E-state index contributed by atoms with van der Waals surface area (Å²) in [6.07, 6.45) is 0. The van der Waals surface area contributed by atoms with E-state index in [-0.39, 0.29) is 18.5 Å². The monoisotopic (exact) mass is 561 g/mol. The molecule has 42 heavy (non-hydrogen) atoms. The number of esters is 1. The van der Waals surface area contributed by atoms with E-state index in [0.717, 1.165) is 39.1 Å². The lowest BCUT2D eigenvalue weighted by Crippen LogP contribution is -2.41. The fourth-order valence-electron chi connectivity index (χ4n) is 4.78. The summed E-state index contributed by atoms with van der Waals surface area (Å²) in [7, 11) is 1.65. The molecule has 8 heteroatoms. The Balaban J connectivity index is 1.27. The largest absolute Gasteiger partial charge is 0.497 e. The van der Waals surface area contributed by atoms with Crippen molar-refractivity contribution in [3.63, 3.8) is 0 Å². The average molecular weight is 562 g/mol. The number of benzene rings is 4. The number of hydrogen-bond donors (Lipinski definition) is 1. The molecule has 1 aromatic heterocycles. The van der Waals surface area contributed by atoms with E-state index < -0.39 is 6.04 Å². The Morgan fingerprint density at radius 3 is 2.17 bits per heavy atom. The van der Waals surface area contributed by atoms with Gasteiger partial charge in [0.2, 0.25) is 0 Å². The van der Waals surface area contributed by atoms with Crippen LogP contribution in [0.4, 0.5) is 0 Å². The van der Waals surface area contributed by atoms with E-state index in [0.29, 0.717) is 18.9 Å². The minimum absolute atomic E-state index is 0.0864. The predicted octanol–water partition coefficient (Wildman–Crippen LogP) is 5.92. The summed E-state index contributed by atoms with van der Waals surface area (Å²) in [5.41, 5.74) is 6.15. The number of carbonyl (C=O) groups is 1. The van der Waals surface area contributed by atoms with Gasteiger partial charge in [-0.3, -0.25) is 4.79 Å². The summed E-state index contributed by atoms with van der Waals surface area (Å²) in [6.45, 7) is 5.39. The number of rotatable bonds is 12. The van der Waals surface area contributed by atoms with Crippen molar-refractivity contribution in [2.24, 2.45) is 5.92 Å². The van der Waals surface area contributed by atoms with Crippen LogP contribution in [0.3, 0.4) is 0 Å². The molecule has 4 aromatic carbocycles. The van der Waals surface area contributed by atoms with Gasteiger partial charge in [0, 0.05) is 12.1 Å². The molecule has 0 amide bonds. The van der Waals surface area contributed by atoms with Crippen LogP contribution in [0.5, 0.6) is 5.75 Å². The molecular formula is C34H35N5O3. The van der Waals surface area contributed by atoms with Crippen molar-refractivity contribution in [3.05, 3.63) is 120 Å². The number of carbonyl (C=O) groups excluding carboxylic acids is 1. The first kappa shape index (κ1) is 28.7. The zero-order valence-corrected chi connectivity index (χ0v) is 24.1. The Kier molecular flexibility index (Phi) is 9.36. The Morgan fingerprint density at radius 2 is 1.48 bits per heavy atom. The molecule has 0 aliphatic carbocycles. The number of nitrogens with zero attached hydrogens (tertiary/aromatic N) is 4. The molecule has 0 fully saturated rings.